The zero-order chi connectivity index (χ0) is 13.5. The van der Waals surface area contributed by atoms with Crippen molar-refractivity contribution in [2.24, 2.45) is 0 Å². The predicted octanol–water partition coefficient (Wildman–Crippen LogP) is 4.16. The van der Waals surface area contributed by atoms with Gasteiger partial charge in [-0.3, -0.25) is 0 Å². The molecule has 0 aliphatic rings. The minimum Gasteiger partial charge on any atom is -0.492 e. The summed E-state index contributed by atoms with van der Waals surface area (Å²) in [5, 5.41) is 4.46. The number of hydrogen-bond acceptors (Lipinski definition) is 2. The molecule has 4 heteroatoms. The molecule has 0 aliphatic heterocycles. The molecule has 0 saturated carbocycles. The van der Waals surface area contributed by atoms with Crippen molar-refractivity contribution in [3.8, 4) is 5.75 Å². The molecule has 0 aromatic heterocycles. The first-order valence-corrected chi connectivity index (χ1v) is 6.84. The first kappa shape index (κ1) is 14.2. The number of benzene rings is 2. The molecule has 1 N–H and O–H groups in total. The molecule has 0 aliphatic carbocycles. The second-order valence-corrected chi connectivity index (χ2v) is 4.90. The van der Waals surface area contributed by atoms with Gasteiger partial charge in [0, 0.05) is 13.1 Å². The van der Waals surface area contributed by atoms with Gasteiger partial charge >= 0.3 is 0 Å². The first-order valence-electron chi connectivity index (χ1n) is 6.08. The summed E-state index contributed by atoms with van der Waals surface area (Å²) in [5.74, 6) is 0.888. The summed E-state index contributed by atoms with van der Waals surface area (Å²) in [6.45, 7) is 2.15. The first-order chi connectivity index (χ1) is 9.25. The van der Waals surface area contributed by atoms with E-state index in [-0.39, 0.29) is 0 Å². The van der Waals surface area contributed by atoms with Crippen LogP contribution in [-0.2, 0) is 6.54 Å². The van der Waals surface area contributed by atoms with Gasteiger partial charge in [0.1, 0.15) is 12.4 Å². The Kier molecular flexibility index (Phi) is 5.52. The molecule has 0 amide bonds. The molecule has 2 nitrogen and oxygen atoms in total. The molecular weight excluding hydrogens is 281 g/mol. The Bertz CT molecular complexity index is 517. The second-order valence-electron chi connectivity index (χ2n) is 4.09. The third kappa shape index (κ3) is 4.75. The topological polar surface area (TPSA) is 21.3 Å². The minimum absolute atomic E-state index is 0.581. The molecule has 0 saturated heterocycles. The predicted molar refractivity (Wildman–Crippen MR) is 80.1 cm³/mol. The van der Waals surface area contributed by atoms with E-state index in [1.54, 1.807) is 6.07 Å². The van der Waals surface area contributed by atoms with Gasteiger partial charge in [-0.2, -0.15) is 0 Å². The highest BCUT2D eigenvalue weighted by Gasteiger charge is 1.99. The zero-order valence-electron chi connectivity index (χ0n) is 10.4. The summed E-state index contributed by atoms with van der Waals surface area (Å²) in [4.78, 5) is 0. The van der Waals surface area contributed by atoms with Crippen LogP contribution in [0.4, 0.5) is 0 Å². The average molecular weight is 296 g/mol. The van der Waals surface area contributed by atoms with Crippen molar-refractivity contribution >= 4 is 23.2 Å². The van der Waals surface area contributed by atoms with Crippen LogP contribution >= 0.6 is 23.2 Å². The van der Waals surface area contributed by atoms with Crippen LogP contribution in [0.15, 0.2) is 48.5 Å². The van der Waals surface area contributed by atoms with E-state index in [0.717, 1.165) is 24.4 Å². The summed E-state index contributed by atoms with van der Waals surface area (Å²) in [7, 11) is 0. The van der Waals surface area contributed by atoms with E-state index >= 15 is 0 Å². The Balaban J connectivity index is 1.68. The van der Waals surface area contributed by atoms with Gasteiger partial charge in [0.25, 0.3) is 0 Å². The van der Waals surface area contributed by atoms with Gasteiger partial charge in [-0.15, -0.1) is 0 Å². The lowest BCUT2D eigenvalue weighted by Crippen LogP contribution is -2.20. The van der Waals surface area contributed by atoms with Gasteiger partial charge < -0.3 is 10.1 Å². The Morgan fingerprint density at radius 3 is 2.47 bits per heavy atom. The van der Waals surface area contributed by atoms with Gasteiger partial charge in [-0.1, -0.05) is 47.5 Å². The van der Waals surface area contributed by atoms with Gasteiger partial charge in [0.2, 0.25) is 0 Å². The molecule has 0 atom stereocenters. The van der Waals surface area contributed by atoms with E-state index in [9.17, 15) is 0 Å². The van der Waals surface area contributed by atoms with Crippen LogP contribution in [-0.4, -0.2) is 13.2 Å². The van der Waals surface area contributed by atoms with Crippen molar-refractivity contribution in [2.45, 2.75) is 6.54 Å². The van der Waals surface area contributed by atoms with Crippen molar-refractivity contribution in [2.75, 3.05) is 13.2 Å². The Labute approximate surface area is 123 Å². The fourth-order valence-corrected chi connectivity index (χ4v) is 1.96. The SMILES string of the molecule is Clc1ccc(CNCCOc2ccccc2)cc1Cl. The normalized spacial score (nSPS) is 10.4. The molecule has 0 radical (unpaired) electrons. The molecule has 0 bridgehead atoms. The highest BCUT2D eigenvalue weighted by Crippen LogP contribution is 2.22. The summed E-state index contributed by atoms with van der Waals surface area (Å²) < 4.78 is 5.58. The van der Waals surface area contributed by atoms with Crippen molar-refractivity contribution in [3.63, 3.8) is 0 Å². The number of para-hydroxylation sites is 1. The van der Waals surface area contributed by atoms with E-state index in [2.05, 4.69) is 5.32 Å². The van der Waals surface area contributed by atoms with Gasteiger partial charge in [0.05, 0.1) is 10.0 Å². The average Bonchev–Trinajstić information content (AvgIpc) is 2.43. The van der Waals surface area contributed by atoms with Crippen LogP contribution in [0.3, 0.4) is 0 Å². The quantitative estimate of drug-likeness (QED) is 0.808. The highest BCUT2D eigenvalue weighted by molar-refractivity contribution is 6.42. The van der Waals surface area contributed by atoms with Crippen LogP contribution in [0.1, 0.15) is 5.56 Å². The van der Waals surface area contributed by atoms with Crippen LogP contribution in [0.25, 0.3) is 0 Å². The fourth-order valence-electron chi connectivity index (χ4n) is 1.64. The molecular formula is C15H15Cl2NO. The number of ether oxygens (including phenoxy) is 1. The molecule has 0 heterocycles. The molecule has 0 fully saturated rings. The molecule has 2 rings (SSSR count). The smallest absolute Gasteiger partial charge is 0.119 e. The third-order valence-electron chi connectivity index (χ3n) is 2.60. The Morgan fingerprint density at radius 1 is 0.947 bits per heavy atom. The Morgan fingerprint density at radius 2 is 1.74 bits per heavy atom. The standard InChI is InChI=1S/C15H15Cl2NO/c16-14-7-6-12(10-15(14)17)11-18-8-9-19-13-4-2-1-3-5-13/h1-7,10,18H,8-9,11H2. The minimum atomic E-state index is 0.581. The summed E-state index contributed by atoms with van der Waals surface area (Å²) in [6, 6.07) is 15.4. The molecule has 2 aromatic rings. The number of rotatable bonds is 6. The lowest BCUT2D eigenvalue weighted by atomic mass is 10.2. The van der Waals surface area contributed by atoms with Gasteiger partial charge in [-0.25, -0.2) is 0 Å². The van der Waals surface area contributed by atoms with Crippen LogP contribution in [0, 0.1) is 0 Å². The van der Waals surface area contributed by atoms with E-state index in [1.807, 2.05) is 42.5 Å². The maximum Gasteiger partial charge on any atom is 0.119 e. The lowest BCUT2D eigenvalue weighted by molar-refractivity contribution is 0.313. The van der Waals surface area contributed by atoms with E-state index in [0.29, 0.717) is 16.7 Å². The van der Waals surface area contributed by atoms with Gasteiger partial charge in [-0.05, 0) is 29.8 Å². The lowest BCUT2D eigenvalue weighted by Gasteiger charge is -2.08. The van der Waals surface area contributed by atoms with Crippen LogP contribution < -0.4 is 10.1 Å². The van der Waals surface area contributed by atoms with E-state index in [4.69, 9.17) is 27.9 Å². The molecule has 100 valence electrons. The number of halogens is 2. The largest absolute Gasteiger partial charge is 0.492 e. The van der Waals surface area contributed by atoms with Crippen molar-refractivity contribution in [1.82, 2.24) is 5.32 Å². The van der Waals surface area contributed by atoms with Crippen molar-refractivity contribution in [3.05, 3.63) is 64.1 Å². The summed E-state index contributed by atoms with van der Waals surface area (Å²) in [5.41, 5.74) is 1.11. The highest BCUT2D eigenvalue weighted by atomic mass is 35.5. The molecule has 2 aromatic carbocycles. The third-order valence-corrected chi connectivity index (χ3v) is 3.34. The molecule has 0 spiro atoms. The van der Waals surface area contributed by atoms with Crippen molar-refractivity contribution < 1.29 is 4.74 Å². The maximum atomic E-state index is 5.95. The monoisotopic (exact) mass is 295 g/mol. The van der Waals surface area contributed by atoms with Crippen molar-refractivity contribution in [1.29, 1.82) is 0 Å². The molecule has 19 heavy (non-hydrogen) atoms. The number of nitrogens with one attached hydrogen (secondary N) is 1. The fraction of sp³-hybridized carbons (Fsp3) is 0.200. The number of hydrogen-bond donors (Lipinski definition) is 1. The zero-order valence-corrected chi connectivity index (χ0v) is 11.9. The van der Waals surface area contributed by atoms with E-state index < -0.39 is 0 Å². The maximum absolute atomic E-state index is 5.95. The molecule has 0 unspecified atom stereocenters. The van der Waals surface area contributed by atoms with E-state index in [1.165, 1.54) is 0 Å². The van der Waals surface area contributed by atoms with Crippen LogP contribution in [0.2, 0.25) is 10.0 Å². The second kappa shape index (κ2) is 7.39. The van der Waals surface area contributed by atoms with Crippen LogP contribution in [0.5, 0.6) is 5.75 Å². The Hall–Kier alpha value is -1.22. The van der Waals surface area contributed by atoms with Gasteiger partial charge in [0.15, 0.2) is 0 Å². The summed E-state index contributed by atoms with van der Waals surface area (Å²) >= 11 is 11.8. The summed E-state index contributed by atoms with van der Waals surface area (Å²) in [6.07, 6.45) is 0.